The number of para-hydroxylation sites is 1. The van der Waals surface area contributed by atoms with Crippen LogP contribution in [0.5, 0.6) is 0 Å². The SMILES string of the molecule is CCC(CNC)C(=O)Nc1coc2ccccc12. The lowest BCUT2D eigenvalue weighted by Gasteiger charge is -2.13. The van der Waals surface area contributed by atoms with E-state index in [1.165, 1.54) is 0 Å². The third-order valence-corrected chi connectivity index (χ3v) is 3.05. The van der Waals surface area contributed by atoms with Gasteiger partial charge in [-0.1, -0.05) is 19.1 Å². The van der Waals surface area contributed by atoms with Crippen LogP contribution in [-0.2, 0) is 4.79 Å². The Morgan fingerprint density at radius 2 is 2.17 bits per heavy atom. The summed E-state index contributed by atoms with van der Waals surface area (Å²) in [7, 11) is 1.85. The Kier molecular flexibility index (Phi) is 3.99. The number of rotatable bonds is 5. The number of nitrogens with one attached hydrogen (secondary N) is 2. The molecule has 96 valence electrons. The van der Waals surface area contributed by atoms with Crippen LogP contribution in [0.15, 0.2) is 34.9 Å². The van der Waals surface area contributed by atoms with Crippen molar-refractivity contribution in [3.05, 3.63) is 30.5 Å². The molecule has 1 aromatic heterocycles. The number of hydrogen-bond donors (Lipinski definition) is 2. The van der Waals surface area contributed by atoms with Gasteiger partial charge in [0.05, 0.1) is 11.6 Å². The molecule has 2 rings (SSSR count). The maximum Gasteiger partial charge on any atom is 0.228 e. The Hall–Kier alpha value is -1.81. The molecular formula is C14H18N2O2. The monoisotopic (exact) mass is 246 g/mol. The van der Waals surface area contributed by atoms with Crippen molar-refractivity contribution in [1.82, 2.24) is 5.32 Å². The zero-order chi connectivity index (χ0) is 13.0. The van der Waals surface area contributed by atoms with Crippen molar-refractivity contribution in [1.29, 1.82) is 0 Å². The molecule has 0 saturated heterocycles. The zero-order valence-corrected chi connectivity index (χ0v) is 10.7. The highest BCUT2D eigenvalue weighted by atomic mass is 16.3. The molecular weight excluding hydrogens is 228 g/mol. The van der Waals surface area contributed by atoms with Crippen LogP contribution in [0.2, 0.25) is 0 Å². The number of carbonyl (C=O) groups excluding carboxylic acids is 1. The number of fused-ring (bicyclic) bond motifs is 1. The van der Waals surface area contributed by atoms with Crippen LogP contribution in [0.3, 0.4) is 0 Å². The molecule has 1 atom stereocenters. The predicted octanol–water partition coefficient (Wildman–Crippen LogP) is 2.62. The quantitative estimate of drug-likeness (QED) is 0.852. The van der Waals surface area contributed by atoms with Crippen molar-refractivity contribution >= 4 is 22.6 Å². The van der Waals surface area contributed by atoms with Gasteiger partial charge in [-0.05, 0) is 25.6 Å². The largest absolute Gasteiger partial charge is 0.462 e. The summed E-state index contributed by atoms with van der Waals surface area (Å²) < 4.78 is 5.39. The second-order valence-electron chi connectivity index (χ2n) is 4.30. The lowest BCUT2D eigenvalue weighted by atomic mass is 10.1. The lowest BCUT2D eigenvalue weighted by Crippen LogP contribution is -2.30. The topological polar surface area (TPSA) is 54.3 Å². The van der Waals surface area contributed by atoms with Crippen LogP contribution in [-0.4, -0.2) is 19.5 Å². The summed E-state index contributed by atoms with van der Waals surface area (Å²) in [5.74, 6) is 0.00191. The van der Waals surface area contributed by atoms with Crippen molar-refractivity contribution in [2.75, 3.05) is 18.9 Å². The van der Waals surface area contributed by atoms with Gasteiger partial charge < -0.3 is 15.1 Å². The summed E-state index contributed by atoms with van der Waals surface area (Å²) in [5, 5.41) is 6.90. The Balaban J connectivity index is 2.16. The van der Waals surface area contributed by atoms with Crippen LogP contribution < -0.4 is 10.6 Å². The third-order valence-electron chi connectivity index (χ3n) is 3.05. The van der Waals surface area contributed by atoms with Gasteiger partial charge in [0.2, 0.25) is 5.91 Å². The highest BCUT2D eigenvalue weighted by Gasteiger charge is 2.17. The Morgan fingerprint density at radius 3 is 2.89 bits per heavy atom. The van der Waals surface area contributed by atoms with Crippen LogP contribution in [0, 0.1) is 5.92 Å². The van der Waals surface area contributed by atoms with E-state index in [0.29, 0.717) is 6.54 Å². The van der Waals surface area contributed by atoms with Gasteiger partial charge >= 0.3 is 0 Å². The second-order valence-corrected chi connectivity index (χ2v) is 4.30. The van der Waals surface area contributed by atoms with Gasteiger partial charge in [-0.3, -0.25) is 4.79 Å². The highest BCUT2D eigenvalue weighted by Crippen LogP contribution is 2.25. The average Bonchev–Trinajstić information content (AvgIpc) is 2.79. The summed E-state index contributed by atoms with van der Waals surface area (Å²) >= 11 is 0. The van der Waals surface area contributed by atoms with Crippen LogP contribution in [0.4, 0.5) is 5.69 Å². The van der Waals surface area contributed by atoms with Gasteiger partial charge in [0.15, 0.2) is 0 Å². The maximum atomic E-state index is 12.1. The molecule has 4 nitrogen and oxygen atoms in total. The molecule has 2 N–H and O–H groups in total. The van der Waals surface area contributed by atoms with Crippen LogP contribution in [0.1, 0.15) is 13.3 Å². The molecule has 1 amide bonds. The fourth-order valence-corrected chi connectivity index (χ4v) is 1.98. The number of benzene rings is 1. The third kappa shape index (κ3) is 2.54. The fraction of sp³-hybridized carbons (Fsp3) is 0.357. The summed E-state index contributed by atoms with van der Waals surface area (Å²) in [5.41, 5.74) is 1.53. The van der Waals surface area contributed by atoms with Crippen molar-refractivity contribution < 1.29 is 9.21 Å². The number of hydrogen-bond acceptors (Lipinski definition) is 3. The normalized spacial score (nSPS) is 12.6. The molecule has 4 heteroatoms. The average molecular weight is 246 g/mol. The molecule has 0 aliphatic heterocycles. The standard InChI is InChI=1S/C14H18N2O2/c1-3-10(8-15-2)14(17)16-12-9-18-13-7-5-4-6-11(12)13/h4-7,9-10,15H,3,8H2,1-2H3,(H,16,17). The number of furan rings is 1. The van der Waals surface area contributed by atoms with Gasteiger partial charge in [-0.25, -0.2) is 0 Å². The summed E-state index contributed by atoms with van der Waals surface area (Å²) in [4.78, 5) is 12.1. The Bertz CT molecular complexity index is 533. The number of amides is 1. The van der Waals surface area contributed by atoms with Crippen molar-refractivity contribution in [2.24, 2.45) is 5.92 Å². The zero-order valence-electron chi connectivity index (χ0n) is 10.7. The minimum Gasteiger partial charge on any atom is -0.462 e. The van der Waals surface area contributed by atoms with E-state index in [-0.39, 0.29) is 11.8 Å². The van der Waals surface area contributed by atoms with E-state index in [1.807, 2.05) is 38.2 Å². The lowest BCUT2D eigenvalue weighted by molar-refractivity contribution is -0.119. The fourth-order valence-electron chi connectivity index (χ4n) is 1.98. The van der Waals surface area contributed by atoms with E-state index in [9.17, 15) is 4.79 Å². The summed E-state index contributed by atoms with van der Waals surface area (Å²) in [6, 6.07) is 7.66. The van der Waals surface area contributed by atoms with Gasteiger partial charge in [-0.15, -0.1) is 0 Å². The molecule has 0 radical (unpaired) electrons. The van der Waals surface area contributed by atoms with E-state index >= 15 is 0 Å². The molecule has 18 heavy (non-hydrogen) atoms. The molecule has 0 aliphatic rings. The van der Waals surface area contributed by atoms with E-state index in [2.05, 4.69) is 10.6 Å². The van der Waals surface area contributed by atoms with Crippen molar-refractivity contribution in [3.8, 4) is 0 Å². The molecule has 0 aliphatic carbocycles. The molecule has 2 aromatic rings. The summed E-state index contributed by atoms with van der Waals surface area (Å²) in [6.45, 7) is 2.69. The van der Waals surface area contributed by atoms with E-state index < -0.39 is 0 Å². The number of anilines is 1. The van der Waals surface area contributed by atoms with Crippen molar-refractivity contribution in [3.63, 3.8) is 0 Å². The minimum absolute atomic E-state index is 0.0244. The second kappa shape index (κ2) is 5.69. The molecule has 0 fully saturated rings. The molecule has 1 heterocycles. The van der Waals surface area contributed by atoms with Gasteiger partial charge in [-0.2, -0.15) is 0 Å². The molecule has 0 bridgehead atoms. The van der Waals surface area contributed by atoms with Crippen LogP contribution >= 0.6 is 0 Å². The first kappa shape index (κ1) is 12.6. The van der Waals surface area contributed by atoms with Crippen molar-refractivity contribution in [2.45, 2.75) is 13.3 Å². The smallest absolute Gasteiger partial charge is 0.228 e. The first-order chi connectivity index (χ1) is 8.76. The number of carbonyl (C=O) groups is 1. The highest BCUT2D eigenvalue weighted by molar-refractivity contribution is 6.01. The predicted molar refractivity (Wildman–Crippen MR) is 72.6 cm³/mol. The van der Waals surface area contributed by atoms with Crippen LogP contribution in [0.25, 0.3) is 11.0 Å². The van der Waals surface area contributed by atoms with Gasteiger partial charge in [0.1, 0.15) is 11.8 Å². The summed E-state index contributed by atoms with van der Waals surface area (Å²) in [6.07, 6.45) is 2.40. The maximum absolute atomic E-state index is 12.1. The first-order valence-electron chi connectivity index (χ1n) is 6.18. The molecule has 0 saturated carbocycles. The molecule has 1 aromatic carbocycles. The van der Waals surface area contributed by atoms with E-state index in [0.717, 1.165) is 23.1 Å². The molecule has 0 spiro atoms. The van der Waals surface area contributed by atoms with Gasteiger partial charge in [0, 0.05) is 11.9 Å². The van der Waals surface area contributed by atoms with Gasteiger partial charge in [0.25, 0.3) is 0 Å². The Morgan fingerprint density at radius 1 is 1.39 bits per heavy atom. The first-order valence-corrected chi connectivity index (χ1v) is 6.18. The Labute approximate surface area is 106 Å². The van der Waals surface area contributed by atoms with E-state index in [4.69, 9.17) is 4.42 Å². The molecule has 1 unspecified atom stereocenters. The minimum atomic E-state index is -0.0244. The van der Waals surface area contributed by atoms with E-state index in [1.54, 1.807) is 6.26 Å².